The molecule has 0 radical (unpaired) electrons. The number of nitrogen functional groups attached to an aromatic ring is 1. The number of nitrogens with two attached hydrogens (primary N) is 2. The fourth-order valence-corrected chi connectivity index (χ4v) is 4.12. The van der Waals surface area contributed by atoms with Crippen LogP contribution in [0.25, 0.3) is 27.5 Å². The first kappa shape index (κ1) is 22.6. The number of nitrogens with zero attached hydrogens (tertiary/aromatic N) is 1. The van der Waals surface area contributed by atoms with Crippen molar-refractivity contribution in [2.45, 2.75) is 33.7 Å². The molecule has 4 N–H and O–H groups in total. The number of para-hydroxylation sites is 3. The Morgan fingerprint density at radius 1 is 0.636 bits per heavy atom. The molecule has 1 heterocycles. The molecule has 0 saturated carbocycles. The summed E-state index contributed by atoms with van der Waals surface area (Å²) in [5.41, 5.74) is 19.7. The smallest absolute Gasteiger partial charge is 0.0579 e. The summed E-state index contributed by atoms with van der Waals surface area (Å²) in [6.45, 7) is 8.75. The number of aromatic nitrogens is 1. The van der Waals surface area contributed by atoms with Crippen molar-refractivity contribution in [1.29, 1.82) is 0 Å². The zero-order valence-corrected chi connectivity index (χ0v) is 19.9. The number of rotatable bonds is 3. The normalized spacial score (nSPS) is 12.4. The van der Waals surface area contributed by atoms with Crippen molar-refractivity contribution in [2.75, 3.05) is 5.73 Å². The van der Waals surface area contributed by atoms with E-state index in [9.17, 15) is 0 Å². The second-order valence-electron chi connectivity index (χ2n) is 10.0. The summed E-state index contributed by atoms with van der Waals surface area (Å²) in [7, 11) is 0. The minimum atomic E-state index is -0.292. The van der Waals surface area contributed by atoms with Crippen LogP contribution >= 0.6 is 0 Å². The van der Waals surface area contributed by atoms with E-state index in [0.29, 0.717) is 5.41 Å². The van der Waals surface area contributed by atoms with Gasteiger partial charge in [0, 0.05) is 22.1 Å². The molecule has 168 valence electrons. The van der Waals surface area contributed by atoms with E-state index >= 15 is 0 Å². The molecule has 0 spiro atoms. The standard InChI is InChI=1S/C25H21N3.C5H12/c26-21-14-6-4-11-18(21)25(27)20-13-8-16-23-24(20)19-12-5-7-15-22(19)28(23)17-9-2-1-3-10-17;1-5(2,3)4/h1-16,25H,26-27H2;1-4H3. The highest BCUT2D eigenvalue weighted by Gasteiger charge is 2.19. The van der Waals surface area contributed by atoms with Crippen molar-refractivity contribution in [3.63, 3.8) is 0 Å². The Balaban J connectivity index is 0.000000471. The van der Waals surface area contributed by atoms with E-state index in [-0.39, 0.29) is 6.04 Å². The highest BCUT2D eigenvalue weighted by Crippen LogP contribution is 2.37. The van der Waals surface area contributed by atoms with Crippen LogP contribution in [0.5, 0.6) is 0 Å². The number of anilines is 1. The molecule has 0 saturated heterocycles. The molecule has 0 fully saturated rings. The first-order valence-electron chi connectivity index (χ1n) is 11.4. The highest BCUT2D eigenvalue weighted by atomic mass is 15.0. The van der Waals surface area contributed by atoms with Crippen molar-refractivity contribution in [3.05, 3.63) is 108 Å². The van der Waals surface area contributed by atoms with E-state index in [0.717, 1.165) is 28.0 Å². The molecular formula is C30H33N3. The molecule has 4 aromatic carbocycles. The van der Waals surface area contributed by atoms with Crippen LogP contribution in [-0.4, -0.2) is 4.57 Å². The molecule has 0 aliphatic carbocycles. The maximum absolute atomic E-state index is 6.73. The first-order valence-corrected chi connectivity index (χ1v) is 11.4. The Labute approximate surface area is 196 Å². The second kappa shape index (κ2) is 9.13. The monoisotopic (exact) mass is 435 g/mol. The van der Waals surface area contributed by atoms with E-state index < -0.39 is 0 Å². The highest BCUT2D eigenvalue weighted by molar-refractivity contribution is 6.11. The molecule has 0 aliphatic heterocycles. The SMILES string of the molecule is CC(C)(C)C.Nc1ccccc1C(N)c1cccc2c1c1ccccc1n2-c1ccccc1. The van der Waals surface area contributed by atoms with Gasteiger partial charge in [-0.1, -0.05) is 94.4 Å². The molecule has 1 aromatic heterocycles. The van der Waals surface area contributed by atoms with Gasteiger partial charge in [0.15, 0.2) is 0 Å². The summed E-state index contributed by atoms with van der Waals surface area (Å²) in [5, 5.41) is 2.37. The Morgan fingerprint density at radius 2 is 1.18 bits per heavy atom. The Bertz CT molecular complexity index is 1370. The lowest BCUT2D eigenvalue weighted by atomic mass is 9.94. The molecule has 1 atom stereocenters. The summed E-state index contributed by atoms with van der Waals surface area (Å²) in [5.74, 6) is 0. The number of fused-ring (bicyclic) bond motifs is 3. The second-order valence-corrected chi connectivity index (χ2v) is 10.0. The molecular weight excluding hydrogens is 402 g/mol. The van der Waals surface area contributed by atoms with Crippen LogP contribution in [-0.2, 0) is 0 Å². The van der Waals surface area contributed by atoms with Crippen molar-refractivity contribution in [1.82, 2.24) is 4.57 Å². The van der Waals surface area contributed by atoms with Gasteiger partial charge in [0.05, 0.1) is 17.1 Å². The number of benzene rings is 4. The Hall–Kier alpha value is -3.56. The molecule has 5 aromatic rings. The van der Waals surface area contributed by atoms with Gasteiger partial charge in [-0.25, -0.2) is 0 Å². The van der Waals surface area contributed by atoms with Gasteiger partial charge < -0.3 is 16.0 Å². The van der Waals surface area contributed by atoms with Crippen molar-refractivity contribution >= 4 is 27.5 Å². The lowest BCUT2D eigenvalue weighted by Gasteiger charge is -2.16. The van der Waals surface area contributed by atoms with Crippen LogP contribution < -0.4 is 11.5 Å². The molecule has 3 heteroatoms. The van der Waals surface area contributed by atoms with Crippen LogP contribution in [0.4, 0.5) is 5.69 Å². The van der Waals surface area contributed by atoms with Gasteiger partial charge in [0.2, 0.25) is 0 Å². The van der Waals surface area contributed by atoms with Gasteiger partial charge in [-0.15, -0.1) is 0 Å². The van der Waals surface area contributed by atoms with Crippen molar-refractivity contribution in [3.8, 4) is 5.69 Å². The summed E-state index contributed by atoms with van der Waals surface area (Å²) in [6, 6.07) is 32.8. The van der Waals surface area contributed by atoms with Gasteiger partial charge in [-0.2, -0.15) is 0 Å². The topological polar surface area (TPSA) is 57.0 Å². The zero-order chi connectivity index (χ0) is 23.6. The third-order valence-electron chi connectivity index (χ3n) is 5.41. The zero-order valence-electron chi connectivity index (χ0n) is 19.9. The van der Waals surface area contributed by atoms with E-state index in [4.69, 9.17) is 11.5 Å². The van der Waals surface area contributed by atoms with E-state index in [1.165, 1.54) is 16.3 Å². The maximum Gasteiger partial charge on any atom is 0.0579 e. The average Bonchev–Trinajstić information content (AvgIpc) is 3.13. The fourth-order valence-electron chi connectivity index (χ4n) is 4.12. The molecule has 5 rings (SSSR count). The summed E-state index contributed by atoms with van der Waals surface area (Å²) in [4.78, 5) is 0. The molecule has 0 aliphatic rings. The Kier molecular flexibility index (Phi) is 6.26. The van der Waals surface area contributed by atoms with E-state index in [1.54, 1.807) is 0 Å². The Morgan fingerprint density at radius 3 is 1.88 bits per heavy atom. The largest absolute Gasteiger partial charge is 0.398 e. The van der Waals surface area contributed by atoms with Crippen LogP contribution in [0.1, 0.15) is 44.9 Å². The molecule has 0 bridgehead atoms. The third-order valence-corrected chi connectivity index (χ3v) is 5.41. The summed E-state index contributed by atoms with van der Waals surface area (Å²) < 4.78 is 2.30. The predicted octanol–water partition coefficient (Wildman–Crippen LogP) is 7.47. The van der Waals surface area contributed by atoms with Gasteiger partial charge in [0.25, 0.3) is 0 Å². The van der Waals surface area contributed by atoms with Crippen molar-refractivity contribution < 1.29 is 0 Å². The number of hydrogen-bond acceptors (Lipinski definition) is 2. The van der Waals surface area contributed by atoms with Gasteiger partial charge in [0.1, 0.15) is 0 Å². The fraction of sp³-hybridized carbons (Fsp3) is 0.200. The van der Waals surface area contributed by atoms with Gasteiger partial charge in [-0.3, -0.25) is 0 Å². The average molecular weight is 436 g/mol. The van der Waals surface area contributed by atoms with Gasteiger partial charge >= 0.3 is 0 Å². The minimum absolute atomic E-state index is 0.292. The van der Waals surface area contributed by atoms with E-state index in [2.05, 4.69) is 99.0 Å². The lowest BCUT2D eigenvalue weighted by molar-refractivity contribution is 0.469. The van der Waals surface area contributed by atoms with Crippen molar-refractivity contribution in [2.24, 2.45) is 11.1 Å². The summed E-state index contributed by atoms with van der Waals surface area (Å²) >= 11 is 0. The van der Waals surface area contributed by atoms with Crippen LogP contribution in [0.15, 0.2) is 97.1 Å². The minimum Gasteiger partial charge on any atom is -0.398 e. The number of hydrogen-bond donors (Lipinski definition) is 2. The van der Waals surface area contributed by atoms with Crippen LogP contribution in [0, 0.1) is 5.41 Å². The molecule has 0 amide bonds. The van der Waals surface area contributed by atoms with E-state index in [1.807, 2.05) is 30.3 Å². The van der Waals surface area contributed by atoms with Gasteiger partial charge in [-0.05, 0) is 46.9 Å². The maximum atomic E-state index is 6.73. The predicted molar refractivity (Wildman–Crippen MR) is 143 cm³/mol. The van der Waals surface area contributed by atoms with Crippen LogP contribution in [0.3, 0.4) is 0 Å². The third kappa shape index (κ3) is 4.79. The molecule has 33 heavy (non-hydrogen) atoms. The first-order chi connectivity index (χ1) is 15.8. The summed E-state index contributed by atoms with van der Waals surface area (Å²) in [6.07, 6.45) is 0. The quantitative estimate of drug-likeness (QED) is 0.289. The van der Waals surface area contributed by atoms with Crippen LogP contribution in [0.2, 0.25) is 0 Å². The molecule has 1 unspecified atom stereocenters. The lowest BCUT2D eigenvalue weighted by Crippen LogP contribution is -2.14. The molecule has 3 nitrogen and oxygen atoms in total.